The van der Waals surface area contributed by atoms with Crippen molar-refractivity contribution in [3.63, 3.8) is 0 Å². The summed E-state index contributed by atoms with van der Waals surface area (Å²) < 4.78 is 5.16. The summed E-state index contributed by atoms with van der Waals surface area (Å²) in [4.78, 5) is 28.7. The van der Waals surface area contributed by atoms with Crippen LogP contribution in [0.3, 0.4) is 0 Å². The molecule has 1 atom stereocenters. The summed E-state index contributed by atoms with van der Waals surface area (Å²) in [5.41, 5.74) is 2.30. The van der Waals surface area contributed by atoms with Gasteiger partial charge in [-0.05, 0) is 43.7 Å². The van der Waals surface area contributed by atoms with Crippen molar-refractivity contribution >= 4 is 34.0 Å². The lowest BCUT2D eigenvalue weighted by Crippen LogP contribution is -2.44. The first kappa shape index (κ1) is 18.7. The van der Waals surface area contributed by atoms with E-state index in [1.165, 1.54) is 17.6 Å². The summed E-state index contributed by atoms with van der Waals surface area (Å²) in [6, 6.07) is 10.7. The van der Waals surface area contributed by atoms with Gasteiger partial charge in [0.05, 0.1) is 12.8 Å². The first-order valence-electron chi connectivity index (χ1n) is 8.41. The molecule has 140 valence electrons. The zero-order chi connectivity index (χ0) is 19.2. The molecule has 0 aliphatic heterocycles. The fraction of sp³-hybridized carbons (Fsp3) is 0.211. The number of thiazole rings is 1. The number of carbonyl (C=O) groups is 2. The van der Waals surface area contributed by atoms with Gasteiger partial charge in [0.1, 0.15) is 17.5 Å². The Hall–Kier alpha value is -3.13. The zero-order valence-electron chi connectivity index (χ0n) is 15.0. The van der Waals surface area contributed by atoms with Crippen LogP contribution in [0.1, 0.15) is 28.7 Å². The first-order chi connectivity index (χ1) is 13.0. The summed E-state index contributed by atoms with van der Waals surface area (Å²) in [5.74, 6) is -0.0504. The molecular formula is C19H20N4O3S. The highest BCUT2D eigenvalue weighted by Crippen LogP contribution is 2.21. The molecule has 0 aliphatic carbocycles. The fourth-order valence-corrected chi connectivity index (χ4v) is 3.07. The van der Waals surface area contributed by atoms with E-state index in [4.69, 9.17) is 4.42 Å². The third-order valence-electron chi connectivity index (χ3n) is 3.76. The topological polar surface area (TPSA) is 96.3 Å². The lowest BCUT2D eigenvalue weighted by molar-refractivity contribution is -0.122. The van der Waals surface area contributed by atoms with Crippen molar-refractivity contribution in [3.8, 4) is 0 Å². The van der Waals surface area contributed by atoms with E-state index in [1.54, 1.807) is 24.4 Å². The zero-order valence-corrected chi connectivity index (χ0v) is 15.8. The van der Waals surface area contributed by atoms with E-state index in [0.717, 1.165) is 11.3 Å². The Morgan fingerprint density at radius 3 is 2.85 bits per heavy atom. The van der Waals surface area contributed by atoms with Crippen molar-refractivity contribution in [3.05, 3.63) is 65.1 Å². The maximum absolute atomic E-state index is 12.3. The summed E-state index contributed by atoms with van der Waals surface area (Å²) in [5, 5.41) is 10.8. The smallest absolute Gasteiger partial charge is 0.271 e. The molecule has 0 aliphatic rings. The minimum Gasteiger partial charge on any atom is -0.467 e. The Morgan fingerprint density at radius 1 is 1.26 bits per heavy atom. The van der Waals surface area contributed by atoms with Crippen LogP contribution in [0, 0.1) is 6.92 Å². The fourth-order valence-electron chi connectivity index (χ4n) is 2.36. The number of furan rings is 1. The SMILES string of the molecule is Cc1cccc(Nc2nc(C(=O)NC(C)C(=O)NCc3ccco3)cs2)c1. The number of hydrogen-bond acceptors (Lipinski definition) is 6. The van der Waals surface area contributed by atoms with Crippen LogP contribution in [0.2, 0.25) is 0 Å². The van der Waals surface area contributed by atoms with Crippen molar-refractivity contribution in [1.82, 2.24) is 15.6 Å². The molecule has 1 unspecified atom stereocenters. The predicted molar refractivity (Wildman–Crippen MR) is 104 cm³/mol. The molecule has 27 heavy (non-hydrogen) atoms. The van der Waals surface area contributed by atoms with E-state index in [9.17, 15) is 9.59 Å². The second-order valence-corrected chi connectivity index (χ2v) is 6.88. The summed E-state index contributed by atoms with van der Waals surface area (Å²) in [7, 11) is 0. The summed E-state index contributed by atoms with van der Waals surface area (Å²) in [6.07, 6.45) is 1.54. The second-order valence-electron chi connectivity index (χ2n) is 6.02. The van der Waals surface area contributed by atoms with Crippen LogP contribution in [0.4, 0.5) is 10.8 Å². The van der Waals surface area contributed by atoms with Gasteiger partial charge in [-0.2, -0.15) is 0 Å². The average Bonchev–Trinajstić information content (AvgIpc) is 3.31. The first-order valence-corrected chi connectivity index (χ1v) is 9.29. The lowest BCUT2D eigenvalue weighted by atomic mass is 10.2. The molecule has 0 radical (unpaired) electrons. The number of carbonyl (C=O) groups excluding carboxylic acids is 2. The summed E-state index contributed by atoms with van der Waals surface area (Å²) in [6.45, 7) is 3.89. The second kappa shape index (κ2) is 8.50. The van der Waals surface area contributed by atoms with Crippen molar-refractivity contribution in [1.29, 1.82) is 0 Å². The monoisotopic (exact) mass is 384 g/mol. The van der Waals surface area contributed by atoms with E-state index in [0.29, 0.717) is 10.9 Å². The molecule has 8 heteroatoms. The van der Waals surface area contributed by atoms with E-state index >= 15 is 0 Å². The minimum atomic E-state index is -0.692. The molecule has 3 N–H and O–H groups in total. The third-order valence-corrected chi connectivity index (χ3v) is 4.52. The maximum atomic E-state index is 12.3. The molecule has 1 aromatic carbocycles. The van der Waals surface area contributed by atoms with Gasteiger partial charge >= 0.3 is 0 Å². The van der Waals surface area contributed by atoms with E-state index < -0.39 is 11.9 Å². The average molecular weight is 384 g/mol. The van der Waals surface area contributed by atoms with Crippen LogP contribution < -0.4 is 16.0 Å². The van der Waals surface area contributed by atoms with Gasteiger partial charge in [-0.3, -0.25) is 9.59 Å². The summed E-state index contributed by atoms with van der Waals surface area (Å²) >= 11 is 1.33. The van der Waals surface area contributed by atoms with Crippen molar-refractivity contribution < 1.29 is 14.0 Å². The Balaban J connectivity index is 1.53. The third kappa shape index (κ3) is 5.18. The quantitative estimate of drug-likeness (QED) is 0.581. The molecule has 2 aromatic heterocycles. The molecule has 0 saturated carbocycles. The van der Waals surface area contributed by atoms with Gasteiger partial charge in [-0.15, -0.1) is 11.3 Å². The van der Waals surface area contributed by atoms with Gasteiger partial charge in [-0.1, -0.05) is 12.1 Å². The van der Waals surface area contributed by atoms with Gasteiger partial charge in [0.2, 0.25) is 5.91 Å². The maximum Gasteiger partial charge on any atom is 0.271 e. The molecular weight excluding hydrogens is 364 g/mol. The normalized spacial score (nSPS) is 11.6. The van der Waals surface area contributed by atoms with Crippen molar-refractivity contribution in [2.24, 2.45) is 0 Å². The number of nitrogens with one attached hydrogen (secondary N) is 3. The molecule has 3 aromatic rings. The van der Waals surface area contributed by atoms with Crippen LogP contribution in [-0.2, 0) is 11.3 Å². The molecule has 2 amide bonds. The molecule has 2 heterocycles. The van der Waals surface area contributed by atoms with E-state index in [-0.39, 0.29) is 18.1 Å². The number of amides is 2. The molecule has 0 spiro atoms. The molecule has 3 rings (SSSR count). The van der Waals surface area contributed by atoms with Gasteiger partial charge in [-0.25, -0.2) is 4.98 Å². The number of aromatic nitrogens is 1. The van der Waals surface area contributed by atoms with Gasteiger partial charge < -0.3 is 20.4 Å². The van der Waals surface area contributed by atoms with Gasteiger partial charge in [0.15, 0.2) is 5.13 Å². The Morgan fingerprint density at radius 2 is 2.11 bits per heavy atom. The molecule has 7 nitrogen and oxygen atoms in total. The standard InChI is InChI=1S/C19H20N4O3S/c1-12-5-3-6-14(9-12)22-19-23-16(11-27-19)18(25)21-13(2)17(24)20-10-15-7-4-8-26-15/h3-9,11,13H,10H2,1-2H3,(H,20,24)(H,21,25)(H,22,23). The lowest BCUT2D eigenvalue weighted by Gasteiger charge is -2.12. The Kier molecular flexibility index (Phi) is 5.87. The number of nitrogens with zero attached hydrogens (tertiary/aromatic N) is 1. The number of aryl methyl sites for hydroxylation is 1. The van der Waals surface area contributed by atoms with Crippen molar-refractivity contribution in [2.45, 2.75) is 26.4 Å². The Bertz CT molecular complexity index is 921. The van der Waals surface area contributed by atoms with Crippen LogP contribution in [0.25, 0.3) is 0 Å². The molecule has 0 fully saturated rings. The minimum absolute atomic E-state index is 0.265. The molecule has 0 bridgehead atoms. The highest BCUT2D eigenvalue weighted by atomic mass is 32.1. The molecule has 0 saturated heterocycles. The van der Waals surface area contributed by atoms with Crippen LogP contribution in [-0.4, -0.2) is 22.8 Å². The van der Waals surface area contributed by atoms with Gasteiger partial charge in [0, 0.05) is 11.1 Å². The van der Waals surface area contributed by atoms with Crippen LogP contribution >= 0.6 is 11.3 Å². The highest BCUT2D eigenvalue weighted by Gasteiger charge is 2.18. The number of anilines is 2. The van der Waals surface area contributed by atoms with E-state index in [1.807, 2.05) is 31.2 Å². The number of rotatable bonds is 7. The predicted octanol–water partition coefficient (Wildman–Crippen LogP) is 3.22. The highest BCUT2D eigenvalue weighted by molar-refractivity contribution is 7.14. The number of benzene rings is 1. The van der Waals surface area contributed by atoms with E-state index in [2.05, 4.69) is 20.9 Å². The Labute approximate surface area is 160 Å². The van der Waals surface area contributed by atoms with Crippen LogP contribution in [0.15, 0.2) is 52.5 Å². The number of hydrogen-bond donors (Lipinski definition) is 3. The largest absolute Gasteiger partial charge is 0.467 e. The van der Waals surface area contributed by atoms with Gasteiger partial charge in [0.25, 0.3) is 5.91 Å². The van der Waals surface area contributed by atoms with Crippen LogP contribution in [0.5, 0.6) is 0 Å². The van der Waals surface area contributed by atoms with Crippen molar-refractivity contribution in [2.75, 3.05) is 5.32 Å².